The summed E-state index contributed by atoms with van der Waals surface area (Å²) >= 11 is 0. The van der Waals surface area contributed by atoms with Gasteiger partial charge in [-0.3, -0.25) is 4.79 Å². The summed E-state index contributed by atoms with van der Waals surface area (Å²) in [6.45, 7) is 9.60. The van der Waals surface area contributed by atoms with Crippen molar-refractivity contribution >= 4 is 6.47 Å². The number of allylic oxidation sites excluding steroid dienone is 5. The van der Waals surface area contributed by atoms with Gasteiger partial charge in [-0.25, -0.2) is 0 Å². The van der Waals surface area contributed by atoms with Gasteiger partial charge in [0.05, 0.1) is 6.61 Å². The van der Waals surface area contributed by atoms with Crippen molar-refractivity contribution in [2.24, 2.45) is 0 Å². The van der Waals surface area contributed by atoms with E-state index in [-0.39, 0.29) is 0 Å². The summed E-state index contributed by atoms with van der Waals surface area (Å²) in [5.74, 6) is 0. The van der Waals surface area contributed by atoms with Crippen LogP contribution in [0, 0.1) is 0 Å². The van der Waals surface area contributed by atoms with Crippen LogP contribution in [0.1, 0.15) is 59.8 Å². The van der Waals surface area contributed by atoms with Crippen LogP contribution in [0.5, 0.6) is 0 Å². The van der Waals surface area contributed by atoms with E-state index in [1.54, 1.807) is 0 Å². The van der Waals surface area contributed by atoms with Crippen LogP contribution in [0.4, 0.5) is 0 Å². The molecular weight excluding hydrogens is 236 g/mol. The van der Waals surface area contributed by atoms with Gasteiger partial charge in [-0.05, 0) is 59.8 Å². The van der Waals surface area contributed by atoms with Gasteiger partial charge in [0.15, 0.2) is 0 Å². The summed E-state index contributed by atoms with van der Waals surface area (Å²) < 4.78 is 4.65. The SMILES string of the molecule is CC(C)=CCC/C(C)=C/CC/C(C)=C/CCOC=O. The fourth-order valence-corrected chi connectivity index (χ4v) is 1.76. The van der Waals surface area contributed by atoms with E-state index >= 15 is 0 Å². The lowest BCUT2D eigenvalue weighted by atomic mass is 10.1. The Morgan fingerprint density at radius 3 is 1.89 bits per heavy atom. The predicted octanol–water partition coefficient (Wildman–Crippen LogP) is 4.97. The first-order valence-electron chi connectivity index (χ1n) is 7.06. The largest absolute Gasteiger partial charge is 0.468 e. The first kappa shape index (κ1) is 17.7. The fraction of sp³-hybridized carbons (Fsp3) is 0.588. The lowest BCUT2D eigenvalue weighted by Gasteiger charge is -2.01. The molecule has 0 rings (SSSR count). The molecule has 0 aliphatic carbocycles. The first-order chi connectivity index (χ1) is 9.06. The highest BCUT2D eigenvalue weighted by atomic mass is 16.5. The number of hydrogen-bond donors (Lipinski definition) is 0. The maximum atomic E-state index is 9.97. The highest BCUT2D eigenvalue weighted by Crippen LogP contribution is 2.11. The quantitative estimate of drug-likeness (QED) is 0.316. The molecule has 0 radical (unpaired) electrons. The van der Waals surface area contributed by atoms with Gasteiger partial charge < -0.3 is 4.74 Å². The van der Waals surface area contributed by atoms with Crippen LogP contribution >= 0.6 is 0 Å². The zero-order valence-electron chi connectivity index (χ0n) is 12.9. The van der Waals surface area contributed by atoms with Crippen molar-refractivity contribution in [2.75, 3.05) is 6.61 Å². The number of carbonyl (C=O) groups is 1. The van der Waals surface area contributed by atoms with E-state index in [0.29, 0.717) is 13.1 Å². The molecule has 0 heterocycles. The van der Waals surface area contributed by atoms with Crippen LogP contribution in [0.25, 0.3) is 0 Å². The van der Waals surface area contributed by atoms with Crippen LogP contribution in [0.3, 0.4) is 0 Å². The summed E-state index contributed by atoms with van der Waals surface area (Å²) in [6.07, 6.45) is 12.1. The molecule has 0 atom stereocenters. The van der Waals surface area contributed by atoms with Gasteiger partial charge >= 0.3 is 0 Å². The zero-order valence-corrected chi connectivity index (χ0v) is 12.9. The summed E-state index contributed by atoms with van der Waals surface area (Å²) in [5, 5.41) is 0. The summed E-state index contributed by atoms with van der Waals surface area (Å²) in [7, 11) is 0. The van der Waals surface area contributed by atoms with Crippen molar-refractivity contribution in [3.05, 3.63) is 34.9 Å². The normalized spacial score (nSPS) is 12.2. The van der Waals surface area contributed by atoms with Crippen LogP contribution < -0.4 is 0 Å². The number of hydrogen-bond acceptors (Lipinski definition) is 2. The van der Waals surface area contributed by atoms with Crippen molar-refractivity contribution in [3.63, 3.8) is 0 Å². The Bertz CT molecular complexity index is 331. The minimum absolute atomic E-state index is 0.485. The Hall–Kier alpha value is -1.31. The zero-order chi connectivity index (χ0) is 14.5. The maximum Gasteiger partial charge on any atom is 0.293 e. The molecule has 0 aromatic heterocycles. The lowest BCUT2D eigenvalue weighted by molar-refractivity contribution is -0.128. The van der Waals surface area contributed by atoms with E-state index in [1.807, 2.05) is 0 Å². The summed E-state index contributed by atoms with van der Waals surface area (Å²) in [6, 6.07) is 0. The number of ether oxygens (including phenoxy) is 1. The van der Waals surface area contributed by atoms with E-state index in [9.17, 15) is 4.79 Å². The Balaban J connectivity index is 3.80. The topological polar surface area (TPSA) is 26.3 Å². The van der Waals surface area contributed by atoms with E-state index in [4.69, 9.17) is 0 Å². The molecule has 0 aliphatic rings. The van der Waals surface area contributed by atoms with Crippen molar-refractivity contribution in [1.29, 1.82) is 0 Å². The standard InChI is InChI=1S/C17H28O2/c1-15(2)8-5-9-16(3)10-6-11-17(4)12-7-13-19-14-18/h8,10,12,14H,5-7,9,11,13H2,1-4H3/b16-10+,17-12+. The van der Waals surface area contributed by atoms with E-state index in [1.165, 1.54) is 16.7 Å². The fourth-order valence-electron chi connectivity index (χ4n) is 1.76. The number of carbonyl (C=O) groups excluding carboxylic acids is 1. The third-order valence-electron chi connectivity index (χ3n) is 2.92. The second kappa shape index (κ2) is 11.8. The van der Waals surface area contributed by atoms with Gasteiger partial charge in [-0.1, -0.05) is 34.9 Å². The molecule has 2 nitrogen and oxygen atoms in total. The average molecular weight is 264 g/mol. The summed E-state index contributed by atoms with van der Waals surface area (Å²) in [5.41, 5.74) is 4.22. The molecule has 19 heavy (non-hydrogen) atoms. The lowest BCUT2D eigenvalue weighted by Crippen LogP contribution is -1.89. The molecule has 0 N–H and O–H groups in total. The molecule has 0 aromatic carbocycles. The first-order valence-corrected chi connectivity index (χ1v) is 7.06. The van der Waals surface area contributed by atoms with E-state index < -0.39 is 0 Å². The van der Waals surface area contributed by atoms with Gasteiger partial charge in [-0.15, -0.1) is 0 Å². The van der Waals surface area contributed by atoms with E-state index in [0.717, 1.165) is 32.1 Å². The van der Waals surface area contributed by atoms with E-state index in [2.05, 4.69) is 50.7 Å². The maximum absolute atomic E-state index is 9.97. The second-order valence-electron chi connectivity index (χ2n) is 5.22. The Kier molecular flexibility index (Phi) is 11.0. The molecule has 0 unspecified atom stereocenters. The molecule has 0 spiro atoms. The van der Waals surface area contributed by atoms with Crippen molar-refractivity contribution < 1.29 is 9.53 Å². The smallest absolute Gasteiger partial charge is 0.293 e. The Morgan fingerprint density at radius 1 is 0.842 bits per heavy atom. The Labute approximate surface area is 118 Å². The molecule has 2 heteroatoms. The van der Waals surface area contributed by atoms with Crippen molar-refractivity contribution in [1.82, 2.24) is 0 Å². The summed E-state index contributed by atoms with van der Waals surface area (Å²) in [4.78, 5) is 9.97. The molecular formula is C17H28O2. The average Bonchev–Trinajstić information content (AvgIpc) is 2.34. The van der Waals surface area contributed by atoms with Gasteiger partial charge in [0.1, 0.15) is 0 Å². The van der Waals surface area contributed by atoms with Gasteiger partial charge in [-0.2, -0.15) is 0 Å². The van der Waals surface area contributed by atoms with Crippen LogP contribution in [0.2, 0.25) is 0 Å². The minimum Gasteiger partial charge on any atom is -0.468 e. The molecule has 108 valence electrons. The highest BCUT2D eigenvalue weighted by Gasteiger charge is 1.92. The third kappa shape index (κ3) is 12.9. The van der Waals surface area contributed by atoms with Crippen molar-refractivity contribution in [3.8, 4) is 0 Å². The molecule has 0 fully saturated rings. The minimum atomic E-state index is 0.485. The molecule has 0 bridgehead atoms. The monoisotopic (exact) mass is 264 g/mol. The molecule has 0 aromatic rings. The van der Waals surface area contributed by atoms with Crippen molar-refractivity contribution in [2.45, 2.75) is 59.8 Å². The number of rotatable bonds is 10. The van der Waals surface area contributed by atoms with Crippen LogP contribution in [-0.2, 0) is 9.53 Å². The third-order valence-corrected chi connectivity index (χ3v) is 2.92. The molecule has 0 saturated heterocycles. The molecule has 0 saturated carbocycles. The van der Waals surface area contributed by atoms with Crippen LogP contribution in [-0.4, -0.2) is 13.1 Å². The molecule has 0 amide bonds. The van der Waals surface area contributed by atoms with Gasteiger partial charge in [0.2, 0.25) is 0 Å². The second-order valence-corrected chi connectivity index (χ2v) is 5.22. The van der Waals surface area contributed by atoms with Gasteiger partial charge in [0, 0.05) is 0 Å². The molecule has 0 aliphatic heterocycles. The van der Waals surface area contributed by atoms with Gasteiger partial charge in [0.25, 0.3) is 6.47 Å². The van der Waals surface area contributed by atoms with Crippen LogP contribution in [0.15, 0.2) is 34.9 Å². The predicted molar refractivity (Wildman–Crippen MR) is 82.0 cm³/mol. The Morgan fingerprint density at radius 2 is 1.37 bits per heavy atom. The highest BCUT2D eigenvalue weighted by molar-refractivity contribution is 5.36.